The lowest BCUT2D eigenvalue weighted by atomic mass is 10.2. The number of amides is 1. The van der Waals surface area contributed by atoms with Crippen molar-refractivity contribution in [3.63, 3.8) is 0 Å². The van der Waals surface area contributed by atoms with Gasteiger partial charge in [0.05, 0.1) is 18.4 Å². The van der Waals surface area contributed by atoms with Crippen LogP contribution in [0.15, 0.2) is 27.2 Å². The summed E-state index contributed by atoms with van der Waals surface area (Å²) >= 11 is 0. The van der Waals surface area contributed by atoms with Crippen molar-refractivity contribution in [2.45, 2.75) is 32.7 Å². The van der Waals surface area contributed by atoms with E-state index in [0.717, 1.165) is 0 Å². The van der Waals surface area contributed by atoms with Gasteiger partial charge in [0, 0.05) is 0 Å². The topological polar surface area (TPSA) is 106 Å². The van der Waals surface area contributed by atoms with Crippen LogP contribution in [0.2, 0.25) is 0 Å². The number of carboxylic acid groups (broad SMARTS) is 1. The zero-order valence-corrected chi connectivity index (χ0v) is 11.8. The standard InChI is InChI=1S/C14H16N2O5/c1-3-9(14(18)19)15-12(17)7-10-8(2)21-13(16-10)11-5-4-6-20-11/h4-6,9H,3,7H2,1-2H3,(H,15,17)(H,18,19). The zero-order valence-electron chi connectivity index (χ0n) is 11.8. The van der Waals surface area contributed by atoms with Crippen LogP contribution in [0.5, 0.6) is 0 Å². The molecule has 2 N–H and O–H groups in total. The summed E-state index contributed by atoms with van der Waals surface area (Å²) in [5.74, 6) is -0.196. The zero-order chi connectivity index (χ0) is 15.4. The van der Waals surface area contributed by atoms with E-state index in [1.807, 2.05) is 0 Å². The number of rotatable bonds is 6. The first-order valence-electron chi connectivity index (χ1n) is 6.53. The van der Waals surface area contributed by atoms with Gasteiger partial charge in [0.25, 0.3) is 5.89 Å². The summed E-state index contributed by atoms with van der Waals surface area (Å²) in [6.45, 7) is 3.38. The first kappa shape index (κ1) is 14.8. The van der Waals surface area contributed by atoms with E-state index in [0.29, 0.717) is 29.5 Å². The second kappa shape index (κ2) is 6.25. The highest BCUT2D eigenvalue weighted by Gasteiger charge is 2.20. The lowest BCUT2D eigenvalue weighted by Crippen LogP contribution is -2.41. The van der Waals surface area contributed by atoms with E-state index in [9.17, 15) is 9.59 Å². The Morgan fingerprint density at radius 2 is 2.24 bits per heavy atom. The van der Waals surface area contributed by atoms with E-state index in [1.165, 1.54) is 6.26 Å². The molecule has 1 amide bonds. The molecular weight excluding hydrogens is 276 g/mol. The molecule has 0 aromatic carbocycles. The third-order valence-corrected chi connectivity index (χ3v) is 2.99. The SMILES string of the molecule is CCC(NC(=O)Cc1nc(-c2ccco2)oc1C)C(=O)O. The molecule has 0 bridgehead atoms. The van der Waals surface area contributed by atoms with E-state index < -0.39 is 17.9 Å². The molecule has 21 heavy (non-hydrogen) atoms. The summed E-state index contributed by atoms with van der Waals surface area (Å²) in [7, 11) is 0. The molecule has 0 saturated heterocycles. The first-order valence-corrected chi connectivity index (χ1v) is 6.53. The van der Waals surface area contributed by atoms with Gasteiger partial charge in [-0.25, -0.2) is 9.78 Å². The number of hydrogen-bond acceptors (Lipinski definition) is 5. The normalized spacial score (nSPS) is 12.1. The van der Waals surface area contributed by atoms with Crippen molar-refractivity contribution >= 4 is 11.9 Å². The third-order valence-electron chi connectivity index (χ3n) is 2.99. The maximum Gasteiger partial charge on any atom is 0.326 e. The molecule has 1 atom stereocenters. The van der Waals surface area contributed by atoms with Crippen molar-refractivity contribution in [2.24, 2.45) is 0 Å². The van der Waals surface area contributed by atoms with Crippen molar-refractivity contribution in [2.75, 3.05) is 0 Å². The van der Waals surface area contributed by atoms with E-state index >= 15 is 0 Å². The highest BCUT2D eigenvalue weighted by Crippen LogP contribution is 2.22. The molecule has 0 aliphatic carbocycles. The molecule has 7 heteroatoms. The van der Waals surface area contributed by atoms with Gasteiger partial charge in [-0.2, -0.15) is 0 Å². The Hall–Kier alpha value is -2.57. The Labute approximate surface area is 121 Å². The number of hydrogen-bond donors (Lipinski definition) is 2. The molecule has 2 rings (SSSR count). The van der Waals surface area contributed by atoms with Gasteiger partial charge in [0.15, 0.2) is 5.76 Å². The maximum atomic E-state index is 11.9. The van der Waals surface area contributed by atoms with Crippen LogP contribution in [-0.4, -0.2) is 28.0 Å². The summed E-state index contributed by atoms with van der Waals surface area (Å²) in [5.41, 5.74) is 0.458. The molecule has 0 aliphatic heterocycles. The highest BCUT2D eigenvalue weighted by atomic mass is 16.4. The Kier molecular flexibility index (Phi) is 4.42. The van der Waals surface area contributed by atoms with Gasteiger partial charge in [-0.05, 0) is 25.5 Å². The Bertz CT molecular complexity index is 630. The summed E-state index contributed by atoms with van der Waals surface area (Å²) in [4.78, 5) is 26.9. The van der Waals surface area contributed by atoms with Crippen LogP contribution in [0.1, 0.15) is 24.8 Å². The van der Waals surface area contributed by atoms with Gasteiger partial charge in [-0.3, -0.25) is 4.79 Å². The van der Waals surface area contributed by atoms with Crippen LogP contribution in [-0.2, 0) is 16.0 Å². The van der Waals surface area contributed by atoms with Crippen LogP contribution in [0.3, 0.4) is 0 Å². The molecule has 0 spiro atoms. The molecule has 7 nitrogen and oxygen atoms in total. The number of carboxylic acids is 1. The van der Waals surface area contributed by atoms with Crippen LogP contribution in [0, 0.1) is 6.92 Å². The maximum absolute atomic E-state index is 11.9. The van der Waals surface area contributed by atoms with Crippen molar-refractivity contribution in [3.05, 3.63) is 29.9 Å². The van der Waals surface area contributed by atoms with Gasteiger partial charge in [-0.15, -0.1) is 0 Å². The molecule has 2 aromatic rings. The molecule has 0 radical (unpaired) electrons. The fraction of sp³-hybridized carbons (Fsp3) is 0.357. The van der Waals surface area contributed by atoms with Crippen molar-refractivity contribution in [1.82, 2.24) is 10.3 Å². The number of nitrogens with zero attached hydrogens (tertiary/aromatic N) is 1. The fourth-order valence-corrected chi connectivity index (χ4v) is 1.83. The second-order valence-electron chi connectivity index (χ2n) is 4.54. The number of carbonyl (C=O) groups excluding carboxylic acids is 1. The molecule has 2 aromatic heterocycles. The van der Waals surface area contributed by atoms with E-state index in [-0.39, 0.29) is 6.42 Å². The largest absolute Gasteiger partial charge is 0.480 e. The Morgan fingerprint density at radius 1 is 1.48 bits per heavy atom. The monoisotopic (exact) mass is 292 g/mol. The Morgan fingerprint density at radius 3 is 2.81 bits per heavy atom. The number of oxazole rings is 1. The predicted octanol–water partition coefficient (Wildman–Crippen LogP) is 1.76. The number of nitrogens with one attached hydrogen (secondary N) is 1. The van der Waals surface area contributed by atoms with Crippen LogP contribution >= 0.6 is 0 Å². The van der Waals surface area contributed by atoms with Crippen LogP contribution in [0.4, 0.5) is 0 Å². The minimum absolute atomic E-state index is 0.0418. The quantitative estimate of drug-likeness (QED) is 0.840. The van der Waals surface area contributed by atoms with Crippen LogP contribution < -0.4 is 5.32 Å². The molecule has 0 aliphatic rings. The summed E-state index contributed by atoms with van der Waals surface area (Å²) in [6.07, 6.45) is 1.77. The first-order chi connectivity index (χ1) is 10.0. The number of furan rings is 1. The van der Waals surface area contributed by atoms with Gasteiger partial charge in [0.1, 0.15) is 11.8 Å². The van der Waals surface area contributed by atoms with Crippen molar-refractivity contribution in [1.29, 1.82) is 0 Å². The molecular formula is C14H16N2O5. The average molecular weight is 292 g/mol. The van der Waals surface area contributed by atoms with E-state index in [2.05, 4.69) is 10.3 Å². The molecule has 1 unspecified atom stereocenters. The number of aromatic nitrogens is 1. The van der Waals surface area contributed by atoms with Gasteiger partial charge in [-0.1, -0.05) is 6.92 Å². The fourth-order valence-electron chi connectivity index (χ4n) is 1.83. The molecule has 2 heterocycles. The van der Waals surface area contributed by atoms with E-state index in [4.69, 9.17) is 13.9 Å². The highest BCUT2D eigenvalue weighted by molar-refractivity contribution is 5.84. The number of carbonyl (C=O) groups is 2. The third kappa shape index (κ3) is 3.50. The average Bonchev–Trinajstić information content (AvgIpc) is 3.06. The minimum Gasteiger partial charge on any atom is -0.480 e. The second-order valence-corrected chi connectivity index (χ2v) is 4.54. The number of aliphatic carboxylic acids is 1. The van der Waals surface area contributed by atoms with Crippen LogP contribution in [0.25, 0.3) is 11.7 Å². The molecule has 112 valence electrons. The summed E-state index contributed by atoms with van der Waals surface area (Å²) < 4.78 is 10.6. The van der Waals surface area contributed by atoms with Gasteiger partial charge in [0.2, 0.25) is 5.91 Å². The summed E-state index contributed by atoms with van der Waals surface area (Å²) in [5, 5.41) is 11.4. The number of aryl methyl sites for hydroxylation is 1. The molecule has 0 saturated carbocycles. The predicted molar refractivity (Wildman–Crippen MR) is 72.5 cm³/mol. The van der Waals surface area contributed by atoms with Gasteiger partial charge < -0.3 is 19.3 Å². The lowest BCUT2D eigenvalue weighted by Gasteiger charge is -2.11. The van der Waals surface area contributed by atoms with E-state index in [1.54, 1.807) is 26.0 Å². The van der Waals surface area contributed by atoms with Gasteiger partial charge >= 0.3 is 5.97 Å². The smallest absolute Gasteiger partial charge is 0.326 e. The van der Waals surface area contributed by atoms with Crippen molar-refractivity contribution in [3.8, 4) is 11.7 Å². The van der Waals surface area contributed by atoms with Crippen molar-refractivity contribution < 1.29 is 23.5 Å². The minimum atomic E-state index is -1.06. The molecule has 0 fully saturated rings. The summed E-state index contributed by atoms with van der Waals surface area (Å²) in [6, 6.07) is 2.52. The lowest BCUT2D eigenvalue weighted by molar-refractivity contribution is -0.141. The Balaban J connectivity index is 2.06.